The van der Waals surface area contributed by atoms with Crippen LogP contribution in [-0.2, 0) is 4.74 Å². The van der Waals surface area contributed by atoms with E-state index in [9.17, 15) is 5.11 Å². The number of benzene rings is 1. The number of β-amino-alcohol motifs (C(OH)–C–C–N with tert-alkyl or cyclic N) is 1. The summed E-state index contributed by atoms with van der Waals surface area (Å²) in [6.07, 6.45) is -0.0885. The molecule has 1 aliphatic rings. The zero-order valence-electron chi connectivity index (χ0n) is 12.0. The summed E-state index contributed by atoms with van der Waals surface area (Å²) in [5.74, 6) is 0.720. The molecule has 3 unspecified atom stereocenters. The third-order valence-corrected chi connectivity index (χ3v) is 3.47. The second-order valence-electron chi connectivity index (χ2n) is 5.39. The molecule has 3 atom stereocenters. The van der Waals surface area contributed by atoms with Gasteiger partial charge in [-0.25, -0.2) is 0 Å². The fourth-order valence-electron chi connectivity index (χ4n) is 2.51. The molecule has 0 saturated carbocycles. The maximum atomic E-state index is 10.1. The van der Waals surface area contributed by atoms with E-state index in [1.807, 2.05) is 0 Å². The Morgan fingerprint density at radius 2 is 1.90 bits per heavy atom. The number of ether oxygens (including phenoxy) is 2. The predicted octanol–water partition coefficient (Wildman–Crippen LogP) is 2.19. The topological polar surface area (TPSA) is 41.9 Å². The zero-order valence-corrected chi connectivity index (χ0v) is 12.7. The van der Waals surface area contributed by atoms with Gasteiger partial charge < -0.3 is 14.6 Å². The summed E-state index contributed by atoms with van der Waals surface area (Å²) in [7, 11) is 0. The minimum absolute atomic E-state index is 0.211. The van der Waals surface area contributed by atoms with Gasteiger partial charge in [0.2, 0.25) is 0 Å². The van der Waals surface area contributed by atoms with E-state index < -0.39 is 6.10 Å². The predicted molar refractivity (Wildman–Crippen MR) is 79.4 cm³/mol. The molecule has 1 heterocycles. The second-order valence-corrected chi connectivity index (χ2v) is 5.83. The van der Waals surface area contributed by atoms with Crippen molar-refractivity contribution in [1.29, 1.82) is 0 Å². The molecule has 1 N–H and O–H groups in total. The zero-order chi connectivity index (χ0) is 14.5. The van der Waals surface area contributed by atoms with E-state index in [2.05, 4.69) is 18.7 Å². The first-order valence-electron chi connectivity index (χ1n) is 6.97. The molecule has 1 aromatic carbocycles. The van der Waals surface area contributed by atoms with Gasteiger partial charge in [-0.2, -0.15) is 0 Å². The van der Waals surface area contributed by atoms with E-state index in [1.54, 1.807) is 24.3 Å². The molecule has 0 aromatic heterocycles. The van der Waals surface area contributed by atoms with Crippen molar-refractivity contribution in [2.24, 2.45) is 0 Å². The second kappa shape index (κ2) is 7.27. The number of morpholine rings is 1. The monoisotopic (exact) mass is 299 g/mol. The molecule has 1 aliphatic heterocycles. The molecule has 4 nitrogen and oxygen atoms in total. The summed E-state index contributed by atoms with van der Waals surface area (Å²) >= 11 is 5.81. The maximum absolute atomic E-state index is 10.1. The summed E-state index contributed by atoms with van der Waals surface area (Å²) in [5.41, 5.74) is 0. The van der Waals surface area contributed by atoms with Crippen LogP contribution in [0.3, 0.4) is 0 Å². The molecule has 5 heteroatoms. The van der Waals surface area contributed by atoms with Crippen molar-refractivity contribution in [2.75, 3.05) is 26.2 Å². The summed E-state index contributed by atoms with van der Waals surface area (Å²) in [6.45, 7) is 6.69. The maximum Gasteiger partial charge on any atom is 0.119 e. The minimum atomic E-state index is -0.511. The Hall–Kier alpha value is -0.810. The van der Waals surface area contributed by atoms with Crippen LogP contribution >= 0.6 is 11.6 Å². The number of aliphatic hydroxyl groups is 1. The number of halogens is 1. The quantitative estimate of drug-likeness (QED) is 0.905. The van der Waals surface area contributed by atoms with Gasteiger partial charge in [0.05, 0.1) is 12.2 Å². The minimum Gasteiger partial charge on any atom is -0.491 e. The van der Waals surface area contributed by atoms with E-state index >= 15 is 0 Å². The van der Waals surface area contributed by atoms with Crippen LogP contribution in [0.5, 0.6) is 5.75 Å². The summed E-state index contributed by atoms with van der Waals surface area (Å²) in [6, 6.07) is 7.14. The summed E-state index contributed by atoms with van der Waals surface area (Å²) in [4.78, 5) is 2.22. The highest BCUT2D eigenvalue weighted by Crippen LogP contribution is 2.16. The smallest absolute Gasteiger partial charge is 0.119 e. The SMILES string of the molecule is CC1CN(CC(O)COc2ccc(Cl)cc2)CC(C)O1. The first-order chi connectivity index (χ1) is 9.52. The van der Waals surface area contributed by atoms with Crippen LogP contribution in [-0.4, -0.2) is 54.6 Å². The van der Waals surface area contributed by atoms with Gasteiger partial charge in [0.25, 0.3) is 0 Å². The first kappa shape index (κ1) is 15.6. The number of nitrogens with zero attached hydrogens (tertiary/aromatic N) is 1. The highest BCUT2D eigenvalue weighted by Gasteiger charge is 2.23. The fraction of sp³-hybridized carbons (Fsp3) is 0.600. The number of rotatable bonds is 5. The van der Waals surface area contributed by atoms with Crippen molar-refractivity contribution >= 4 is 11.6 Å². The van der Waals surface area contributed by atoms with Crippen LogP contribution in [0.15, 0.2) is 24.3 Å². The molecule has 112 valence electrons. The Balaban J connectivity index is 1.74. The van der Waals surface area contributed by atoms with Gasteiger partial charge in [-0.3, -0.25) is 4.90 Å². The molecule has 20 heavy (non-hydrogen) atoms. The molecule has 0 amide bonds. The number of aliphatic hydroxyl groups excluding tert-OH is 1. The Kier molecular flexibility index (Phi) is 5.66. The van der Waals surface area contributed by atoms with Crippen molar-refractivity contribution in [3.8, 4) is 5.75 Å². The van der Waals surface area contributed by atoms with Crippen LogP contribution < -0.4 is 4.74 Å². The molecule has 0 radical (unpaired) electrons. The lowest BCUT2D eigenvalue weighted by molar-refractivity contribution is -0.0786. The lowest BCUT2D eigenvalue weighted by Crippen LogP contribution is -2.48. The molecule has 1 saturated heterocycles. The van der Waals surface area contributed by atoms with Gasteiger partial charge >= 0.3 is 0 Å². The van der Waals surface area contributed by atoms with Gasteiger partial charge in [-0.15, -0.1) is 0 Å². The van der Waals surface area contributed by atoms with Gasteiger partial charge in [-0.05, 0) is 38.1 Å². The Morgan fingerprint density at radius 1 is 1.30 bits per heavy atom. The van der Waals surface area contributed by atoms with E-state index in [4.69, 9.17) is 21.1 Å². The van der Waals surface area contributed by atoms with Crippen molar-refractivity contribution in [1.82, 2.24) is 4.90 Å². The van der Waals surface area contributed by atoms with E-state index in [0.29, 0.717) is 11.6 Å². The molecule has 1 aromatic rings. The third-order valence-electron chi connectivity index (χ3n) is 3.22. The van der Waals surface area contributed by atoms with Gasteiger partial charge in [-0.1, -0.05) is 11.6 Å². The average molecular weight is 300 g/mol. The molecule has 2 rings (SSSR count). The molecular weight excluding hydrogens is 278 g/mol. The number of hydrogen-bond donors (Lipinski definition) is 1. The molecular formula is C15H22ClNO3. The highest BCUT2D eigenvalue weighted by atomic mass is 35.5. The van der Waals surface area contributed by atoms with Crippen molar-refractivity contribution in [3.63, 3.8) is 0 Å². The lowest BCUT2D eigenvalue weighted by atomic mass is 10.2. The molecule has 0 spiro atoms. The summed E-state index contributed by atoms with van der Waals surface area (Å²) in [5, 5.41) is 10.7. The molecule has 1 fully saturated rings. The average Bonchev–Trinajstić information content (AvgIpc) is 2.37. The van der Waals surface area contributed by atoms with Gasteiger partial charge in [0.1, 0.15) is 18.5 Å². The largest absolute Gasteiger partial charge is 0.491 e. The summed E-state index contributed by atoms with van der Waals surface area (Å²) < 4.78 is 11.2. The lowest BCUT2D eigenvalue weighted by Gasteiger charge is -2.36. The number of hydrogen-bond acceptors (Lipinski definition) is 4. The van der Waals surface area contributed by atoms with Gasteiger partial charge in [0.15, 0.2) is 0 Å². The first-order valence-corrected chi connectivity index (χ1v) is 7.35. The van der Waals surface area contributed by atoms with Crippen LogP contribution in [0.1, 0.15) is 13.8 Å². The van der Waals surface area contributed by atoms with E-state index in [1.165, 1.54) is 0 Å². The van der Waals surface area contributed by atoms with Crippen molar-refractivity contribution < 1.29 is 14.6 Å². The highest BCUT2D eigenvalue weighted by molar-refractivity contribution is 6.30. The van der Waals surface area contributed by atoms with Crippen LogP contribution in [0, 0.1) is 0 Å². The molecule has 0 bridgehead atoms. The van der Waals surface area contributed by atoms with E-state index in [0.717, 1.165) is 18.8 Å². The Morgan fingerprint density at radius 3 is 2.50 bits per heavy atom. The Labute approximate surface area is 125 Å². The van der Waals surface area contributed by atoms with Crippen LogP contribution in [0.2, 0.25) is 5.02 Å². The Bertz CT molecular complexity index is 402. The third kappa shape index (κ3) is 4.94. The van der Waals surface area contributed by atoms with Crippen molar-refractivity contribution in [2.45, 2.75) is 32.2 Å². The van der Waals surface area contributed by atoms with Crippen LogP contribution in [0.25, 0.3) is 0 Å². The van der Waals surface area contributed by atoms with Crippen LogP contribution in [0.4, 0.5) is 0 Å². The van der Waals surface area contributed by atoms with E-state index in [-0.39, 0.29) is 18.8 Å². The van der Waals surface area contributed by atoms with Gasteiger partial charge in [0, 0.05) is 24.7 Å². The standard InChI is InChI=1S/C15H22ClNO3/c1-11-7-17(8-12(2)20-11)9-14(18)10-19-15-5-3-13(16)4-6-15/h3-6,11-12,14,18H,7-10H2,1-2H3. The molecule has 0 aliphatic carbocycles. The fourth-order valence-corrected chi connectivity index (χ4v) is 2.63. The normalized spacial score (nSPS) is 25.4. The van der Waals surface area contributed by atoms with Crippen molar-refractivity contribution in [3.05, 3.63) is 29.3 Å².